The van der Waals surface area contributed by atoms with Gasteiger partial charge in [0.25, 0.3) is 0 Å². The lowest BCUT2D eigenvalue weighted by atomic mass is 10.2. The van der Waals surface area contributed by atoms with E-state index in [4.69, 9.17) is 16.3 Å². The molecule has 1 amide bonds. The Bertz CT molecular complexity index is 856. The highest BCUT2D eigenvalue weighted by Gasteiger charge is 2.17. The maximum atomic E-state index is 12.1. The molecule has 0 unspecified atom stereocenters. The fraction of sp³-hybridized carbons (Fsp3) is 0.278. The Hall–Kier alpha value is -2.09. The van der Waals surface area contributed by atoms with Crippen molar-refractivity contribution in [2.45, 2.75) is 18.2 Å². The van der Waals surface area contributed by atoms with Crippen molar-refractivity contribution in [1.29, 1.82) is 0 Å². The van der Waals surface area contributed by atoms with Crippen molar-refractivity contribution >= 4 is 27.5 Å². The lowest BCUT2D eigenvalue weighted by molar-refractivity contribution is -0.121. The Kier molecular flexibility index (Phi) is 7.44. The molecule has 0 saturated carbocycles. The average Bonchev–Trinajstić information content (AvgIpc) is 2.59. The number of halogens is 1. The minimum absolute atomic E-state index is 0.00590. The van der Waals surface area contributed by atoms with E-state index in [0.29, 0.717) is 13.2 Å². The van der Waals surface area contributed by atoms with Crippen molar-refractivity contribution in [3.63, 3.8) is 0 Å². The summed E-state index contributed by atoms with van der Waals surface area (Å²) in [5, 5.41) is 2.82. The Balaban J connectivity index is 1.68. The highest BCUT2D eigenvalue weighted by molar-refractivity contribution is 7.89. The van der Waals surface area contributed by atoms with Gasteiger partial charge in [0.2, 0.25) is 15.9 Å². The number of carbonyl (C=O) groups is 1. The standard InChI is InChI=1S/C18H21ClN2O4S/c1-14-5-4-6-15(13-14)25-12-11-20-18(22)9-10-21-26(23,24)17-8-3-2-7-16(17)19/h2-8,13,21H,9-12H2,1H3,(H,20,22). The largest absolute Gasteiger partial charge is 0.492 e. The van der Waals surface area contributed by atoms with E-state index in [1.54, 1.807) is 12.1 Å². The van der Waals surface area contributed by atoms with Crippen LogP contribution < -0.4 is 14.8 Å². The Morgan fingerprint density at radius 1 is 1.12 bits per heavy atom. The maximum Gasteiger partial charge on any atom is 0.242 e. The minimum atomic E-state index is -3.74. The molecule has 2 aromatic rings. The third-order valence-corrected chi connectivity index (χ3v) is 5.41. The van der Waals surface area contributed by atoms with E-state index in [1.807, 2.05) is 31.2 Å². The van der Waals surface area contributed by atoms with Gasteiger partial charge in [-0.1, -0.05) is 35.9 Å². The number of rotatable bonds is 9. The quantitative estimate of drug-likeness (QED) is 0.638. The zero-order chi connectivity index (χ0) is 19.0. The summed E-state index contributed by atoms with van der Waals surface area (Å²) in [6.45, 7) is 2.63. The first kappa shape index (κ1) is 20.2. The molecule has 0 aliphatic carbocycles. The van der Waals surface area contributed by atoms with E-state index in [-0.39, 0.29) is 28.8 Å². The van der Waals surface area contributed by atoms with E-state index in [0.717, 1.165) is 11.3 Å². The Labute approximate surface area is 158 Å². The first-order valence-corrected chi connectivity index (χ1v) is 9.95. The van der Waals surface area contributed by atoms with Gasteiger partial charge in [-0.15, -0.1) is 0 Å². The molecule has 0 bridgehead atoms. The van der Waals surface area contributed by atoms with Crippen LogP contribution in [-0.4, -0.2) is 34.0 Å². The predicted octanol–water partition coefficient (Wildman–Crippen LogP) is 2.51. The summed E-state index contributed by atoms with van der Waals surface area (Å²) in [4.78, 5) is 11.8. The van der Waals surface area contributed by atoms with Crippen LogP contribution in [0.5, 0.6) is 5.75 Å². The fourth-order valence-electron chi connectivity index (χ4n) is 2.19. The monoisotopic (exact) mass is 396 g/mol. The predicted molar refractivity (Wildman–Crippen MR) is 101 cm³/mol. The fourth-order valence-corrected chi connectivity index (χ4v) is 3.74. The second-order valence-electron chi connectivity index (χ2n) is 5.59. The molecule has 140 valence electrons. The molecule has 2 N–H and O–H groups in total. The van der Waals surface area contributed by atoms with Crippen LogP contribution in [0, 0.1) is 6.92 Å². The summed E-state index contributed by atoms with van der Waals surface area (Å²) < 4.78 is 32.2. The summed E-state index contributed by atoms with van der Waals surface area (Å²) in [5.41, 5.74) is 1.09. The van der Waals surface area contributed by atoms with Crippen LogP contribution in [0.4, 0.5) is 0 Å². The Morgan fingerprint density at radius 3 is 2.62 bits per heavy atom. The number of hydrogen-bond acceptors (Lipinski definition) is 4. The molecule has 0 heterocycles. The normalized spacial score (nSPS) is 11.2. The zero-order valence-corrected chi connectivity index (χ0v) is 15.9. The third kappa shape index (κ3) is 6.33. The molecule has 0 aliphatic rings. The molecule has 0 saturated heterocycles. The molecule has 0 radical (unpaired) electrons. The molecule has 0 fully saturated rings. The average molecular weight is 397 g/mol. The molecule has 0 atom stereocenters. The van der Waals surface area contributed by atoms with Crippen LogP contribution in [0.1, 0.15) is 12.0 Å². The van der Waals surface area contributed by atoms with Crippen LogP contribution in [-0.2, 0) is 14.8 Å². The summed E-state index contributed by atoms with van der Waals surface area (Å²) >= 11 is 5.88. The summed E-state index contributed by atoms with van der Waals surface area (Å²) in [6, 6.07) is 13.8. The minimum Gasteiger partial charge on any atom is -0.492 e. The number of carbonyl (C=O) groups excluding carboxylic acids is 1. The van der Waals surface area contributed by atoms with Gasteiger partial charge in [-0.2, -0.15) is 0 Å². The van der Waals surface area contributed by atoms with Crippen LogP contribution in [0.15, 0.2) is 53.4 Å². The molecule has 0 aromatic heterocycles. The number of nitrogens with one attached hydrogen (secondary N) is 2. The van der Waals surface area contributed by atoms with Crippen molar-refractivity contribution in [3.05, 3.63) is 59.1 Å². The second kappa shape index (κ2) is 9.56. The molecule has 26 heavy (non-hydrogen) atoms. The molecule has 2 rings (SSSR count). The first-order chi connectivity index (χ1) is 12.4. The van der Waals surface area contributed by atoms with Crippen molar-refractivity contribution < 1.29 is 17.9 Å². The number of sulfonamides is 1. The first-order valence-electron chi connectivity index (χ1n) is 8.09. The van der Waals surface area contributed by atoms with Gasteiger partial charge in [0.15, 0.2) is 0 Å². The number of ether oxygens (including phenoxy) is 1. The third-order valence-electron chi connectivity index (χ3n) is 3.45. The number of amides is 1. The topological polar surface area (TPSA) is 84.5 Å². The highest BCUT2D eigenvalue weighted by atomic mass is 35.5. The van der Waals surface area contributed by atoms with E-state index >= 15 is 0 Å². The van der Waals surface area contributed by atoms with Gasteiger partial charge in [-0.05, 0) is 36.8 Å². The van der Waals surface area contributed by atoms with E-state index in [9.17, 15) is 13.2 Å². The van der Waals surface area contributed by atoms with Crippen molar-refractivity contribution in [2.75, 3.05) is 19.7 Å². The smallest absolute Gasteiger partial charge is 0.242 e. The number of aryl methyl sites for hydroxylation is 1. The van der Waals surface area contributed by atoms with Gasteiger partial charge in [-0.25, -0.2) is 13.1 Å². The maximum absolute atomic E-state index is 12.1. The molecule has 0 spiro atoms. The summed E-state index contributed by atoms with van der Waals surface area (Å²) in [5.74, 6) is 0.478. The van der Waals surface area contributed by atoms with Crippen LogP contribution in [0.3, 0.4) is 0 Å². The molecule has 0 aliphatic heterocycles. The summed E-state index contributed by atoms with van der Waals surface area (Å²) in [7, 11) is -3.74. The van der Waals surface area contributed by atoms with Crippen LogP contribution >= 0.6 is 11.6 Å². The molecule has 8 heteroatoms. The van der Waals surface area contributed by atoms with E-state index in [1.165, 1.54) is 12.1 Å². The van der Waals surface area contributed by atoms with Gasteiger partial charge in [0.1, 0.15) is 17.3 Å². The zero-order valence-electron chi connectivity index (χ0n) is 14.4. The van der Waals surface area contributed by atoms with Gasteiger partial charge in [-0.3, -0.25) is 4.79 Å². The van der Waals surface area contributed by atoms with Crippen LogP contribution in [0.25, 0.3) is 0 Å². The Morgan fingerprint density at radius 2 is 1.88 bits per heavy atom. The second-order valence-corrected chi connectivity index (χ2v) is 7.74. The molecular formula is C18H21ClN2O4S. The van der Waals surface area contributed by atoms with Crippen molar-refractivity contribution in [3.8, 4) is 5.75 Å². The highest BCUT2D eigenvalue weighted by Crippen LogP contribution is 2.19. The van der Waals surface area contributed by atoms with Gasteiger partial charge >= 0.3 is 0 Å². The number of hydrogen-bond donors (Lipinski definition) is 2. The van der Waals surface area contributed by atoms with Crippen LogP contribution in [0.2, 0.25) is 5.02 Å². The van der Waals surface area contributed by atoms with Gasteiger partial charge in [0, 0.05) is 13.0 Å². The lowest BCUT2D eigenvalue weighted by Crippen LogP contribution is -2.32. The van der Waals surface area contributed by atoms with E-state index < -0.39 is 10.0 Å². The van der Waals surface area contributed by atoms with E-state index in [2.05, 4.69) is 10.0 Å². The SMILES string of the molecule is Cc1cccc(OCCNC(=O)CCNS(=O)(=O)c2ccccc2Cl)c1. The number of benzene rings is 2. The van der Waals surface area contributed by atoms with Gasteiger partial charge < -0.3 is 10.1 Å². The summed E-state index contributed by atoms with van der Waals surface area (Å²) in [6.07, 6.45) is 0.0220. The van der Waals surface area contributed by atoms with Gasteiger partial charge in [0.05, 0.1) is 11.6 Å². The van der Waals surface area contributed by atoms with Crippen molar-refractivity contribution in [1.82, 2.24) is 10.0 Å². The molecule has 6 nitrogen and oxygen atoms in total. The lowest BCUT2D eigenvalue weighted by Gasteiger charge is -2.09. The molecular weight excluding hydrogens is 376 g/mol. The van der Waals surface area contributed by atoms with Crippen molar-refractivity contribution in [2.24, 2.45) is 0 Å². The molecule has 2 aromatic carbocycles.